The maximum Gasteiger partial charge on any atom is 0.305 e. The van der Waals surface area contributed by atoms with Crippen LogP contribution in [0, 0.1) is 5.82 Å². The molecule has 1 heterocycles. The van der Waals surface area contributed by atoms with Gasteiger partial charge in [-0.3, -0.25) is 9.78 Å². The van der Waals surface area contributed by atoms with E-state index >= 15 is 4.39 Å². The summed E-state index contributed by atoms with van der Waals surface area (Å²) in [4.78, 5) is 18.4. The van der Waals surface area contributed by atoms with E-state index in [1.165, 1.54) is 35.7 Å². The van der Waals surface area contributed by atoms with E-state index in [0.29, 0.717) is 21.4 Å². The number of aliphatic hydroxyl groups excluding tert-OH is 2. The molecule has 1 aromatic heterocycles. The molecule has 4 aromatic rings. The second-order valence-electron chi connectivity index (χ2n) is 8.09. The highest BCUT2D eigenvalue weighted by Gasteiger charge is 2.16. The molecule has 0 amide bonds. The Morgan fingerprint density at radius 2 is 1.61 bits per heavy atom. The van der Waals surface area contributed by atoms with Crippen molar-refractivity contribution in [2.75, 3.05) is 0 Å². The molecular weight excluding hydrogens is 497 g/mol. The zero-order valence-corrected chi connectivity index (χ0v) is 20.8. The van der Waals surface area contributed by atoms with Crippen molar-refractivity contribution in [3.05, 3.63) is 96.4 Å². The number of aliphatic carboxylic acids is 1. The summed E-state index contributed by atoms with van der Waals surface area (Å²) in [6.07, 6.45) is 2.05. The van der Waals surface area contributed by atoms with E-state index in [4.69, 9.17) is 5.11 Å². The molecule has 0 radical (unpaired) electrons. The highest BCUT2D eigenvalue weighted by Crippen LogP contribution is 2.39. The Hall–Kier alpha value is -3.17. The van der Waals surface area contributed by atoms with Crippen molar-refractivity contribution in [1.82, 2.24) is 4.98 Å². The lowest BCUT2D eigenvalue weighted by atomic mass is 10.1. The summed E-state index contributed by atoms with van der Waals surface area (Å²) in [5.74, 6) is -1.49. The lowest BCUT2D eigenvalue weighted by Crippen LogP contribution is -2.19. The Kier molecular flexibility index (Phi) is 8.77. The number of aromatic nitrogens is 1. The van der Waals surface area contributed by atoms with Crippen LogP contribution in [0.15, 0.2) is 105 Å². The molecule has 184 valence electrons. The predicted molar refractivity (Wildman–Crippen MR) is 141 cm³/mol. The molecule has 0 aliphatic carbocycles. The number of carboxylic acids is 1. The lowest BCUT2D eigenvalue weighted by Gasteiger charge is -2.13. The first-order chi connectivity index (χ1) is 17.4. The van der Waals surface area contributed by atoms with Crippen molar-refractivity contribution in [3.8, 4) is 0 Å². The van der Waals surface area contributed by atoms with Crippen LogP contribution in [0.3, 0.4) is 0 Å². The van der Waals surface area contributed by atoms with Crippen molar-refractivity contribution in [2.45, 2.75) is 44.6 Å². The van der Waals surface area contributed by atoms with Crippen LogP contribution in [-0.2, 0) is 4.79 Å². The van der Waals surface area contributed by atoms with E-state index in [9.17, 15) is 15.0 Å². The Bertz CT molecular complexity index is 1370. The summed E-state index contributed by atoms with van der Waals surface area (Å²) in [5, 5.41) is 29.5. The Morgan fingerprint density at radius 1 is 0.972 bits per heavy atom. The number of halogens is 1. The van der Waals surface area contributed by atoms with Crippen molar-refractivity contribution in [3.63, 3.8) is 0 Å². The highest BCUT2D eigenvalue weighted by molar-refractivity contribution is 7.99. The molecule has 0 aliphatic rings. The lowest BCUT2D eigenvalue weighted by molar-refractivity contribution is -0.139. The molecule has 8 heteroatoms. The molecule has 3 N–H and O–H groups in total. The average molecular weight is 522 g/mol. The number of nitrogens with zero attached hydrogens (tertiary/aromatic N) is 1. The molecule has 3 aromatic carbocycles. The Labute approximate surface area is 216 Å². The molecule has 0 aliphatic heterocycles. The minimum absolute atomic E-state index is 0.111. The van der Waals surface area contributed by atoms with Crippen molar-refractivity contribution in [2.24, 2.45) is 0 Å². The van der Waals surface area contributed by atoms with Gasteiger partial charge in [0.2, 0.25) is 0 Å². The highest BCUT2D eigenvalue weighted by atomic mass is 32.2. The smallest absolute Gasteiger partial charge is 0.305 e. The van der Waals surface area contributed by atoms with Crippen molar-refractivity contribution < 1.29 is 24.5 Å². The van der Waals surface area contributed by atoms with Gasteiger partial charge in [0.25, 0.3) is 0 Å². The molecule has 0 unspecified atom stereocenters. The Morgan fingerprint density at radius 3 is 2.25 bits per heavy atom. The van der Waals surface area contributed by atoms with Gasteiger partial charge in [0.1, 0.15) is 5.82 Å². The zero-order chi connectivity index (χ0) is 25.5. The van der Waals surface area contributed by atoms with Gasteiger partial charge in [-0.15, -0.1) is 0 Å². The largest absolute Gasteiger partial charge is 0.481 e. The first kappa shape index (κ1) is 25.9. The topological polar surface area (TPSA) is 90.7 Å². The second-order valence-corrected chi connectivity index (χ2v) is 10.3. The molecule has 5 nitrogen and oxygen atoms in total. The van der Waals surface area contributed by atoms with Crippen molar-refractivity contribution in [1.29, 1.82) is 0 Å². The Balaban J connectivity index is 1.69. The number of aliphatic hydroxyl groups is 2. The van der Waals surface area contributed by atoms with E-state index < -0.39 is 24.6 Å². The first-order valence-electron chi connectivity index (χ1n) is 11.2. The summed E-state index contributed by atoms with van der Waals surface area (Å²) in [7, 11) is 0. The van der Waals surface area contributed by atoms with Crippen LogP contribution in [0.25, 0.3) is 17.0 Å². The number of carbonyl (C=O) groups is 1. The van der Waals surface area contributed by atoms with Gasteiger partial charge in [0.05, 0.1) is 29.0 Å². The van der Waals surface area contributed by atoms with Crippen LogP contribution < -0.4 is 0 Å². The van der Waals surface area contributed by atoms with Gasteiger partial charge in [0.15, 0.2) is 0 Å². The summed E-state index contributed by atoms with van der Waals surface area (Å²) in [5.41, 5.74) is 1.31. The fraction of sp³-hybridized carbons (Fsp3) is 0.143. The van der Waals surface area contributed by atoms with Gasteiger partial charge < -0.3 is 15.3 Å². The summed E-state index contributed by atoms with van der Waals surface area (Å²) in [6.45, 7) is 0. The van der Waals surface area contributed by atoms with Crippen LogP contribution in [0.1, 0.15) is 18.4 Å². The van der Waals surface area contributed by atoms with Crippen LogP contribution in [-0.4, -0.2) is 38.5 Å². The van der Waals surface area contributed by atoms with Crippen molar-refractivity contribution >= 4 is 46.5 Å². The summed E-state index contributed by atoms with van der Waals surface area (Å²) < 4.78 is 15.2. The minimum atomic E-state index is -1.16. The number of carboxylic acid groups (broad SMARTS) is 1. The zero-order valence-electron chi connectivity index (χ0n) is 19.1. The molecule has 36 heavy (non-hydrogen) atoms. The van der Waals surface area contributed by atoms with Gasteiger partial charge in [-0.1, -0.05) is 72.1 Å². The molecule has 2 atom stereocenters. The van der Waals surface area contributed by atoms with Gasteiger partial charge in [0, 0.05) is 38.3 Å². The van der Waals surface area contributed by atoms with Crippen LogP contribution >= 0.6 is 23.5 Å². The number of fused-ring (bicyclic) bond motifs is 1. The second kappa shape index (κ2) is 12.2. The van der Waals surface area contributed by atoms with Gasteiger partial charge >= 0.3 is 5.97 Å². The normalized spacial score (nSPS) is 13.2. The third-order valence-corrected chi connectivity index (χ3v) is 7.46. The molecule has 4 rings (SSSR count). The molecule has 0 bridgehead atoms. The number of pyridine rings is 1. The number of hydrogen-bond acceptors (Lipinski definition) is 6. The van der Waals surface area contributed by atoms with Gasteiger partial charge in [-0.2, -0.15) is 0 Å². The molecule has 0 saturated heterocycles. The minimum Gasteiger partial charge on any atom is -0.481 e. The van der Waals surface area contributed by atoms with Crippen LogP contribution in [0.4, 0.5) is 4.39 Å². The fourth-order valence-corrected chi connectivity index (χ4v) is 5.49. The molecule has 0 saturated carbocycles. The molecule has 0 fully saturated rings. The predicted octanol–water partition coefficient (Wildman–Crippen LogP) is 6.28. The standard InChI is InChI=1S/C28H24FNO4S2/c29-24-15-23-25(16-26(24)35-21-7-3-1-4-8-21)30-17-18(28(23)36-22-9-5-2-6-10-22)11-12-19(31)13-20(32)14-27(33)34/h1-12,15-17,19-20,31-32H,13-14H2,(H,33,34)/b12-11+/t19-,20-/m1/s1. The van der Waals surface area contributed by atoms with E-state index in [0.717, 1.165) is 14.7 Å². The van der Waals surface area contributed by atoms with E-state index in [1.807, 2.05) is 60.7 Å². The van der Waals surface area contributed by atoms with Crippen LogP contribution in [0.5, 0.6) is 0 Å². The molecule has 0 spiro atoms. The average Bonchev–Trinajstić information content (AvgIpc) is 2.85. The third kappa shape index (κ3) is 6.95. The first-order valence-corrected chi connectivity index (χ1v) is 12.9. The maximum atomic E-state index is 15.2. The summed E-state index contributed by atoms with van der Waals surface area (Å²) >= 11 is 2.80. The van der Waals surface area contributed by atoms with E-state index in [-0.39, 0.29) is 12.2 Å². The van der Waals surface area contributed by atoms with E-state index in [1.54, 1.807) is 18.3 Å². The third-order valence-electron chi connectivity index (χ3n) is 5.26. The van der Waals surface area contributed by atoms with E-state index in [2.05, 4.69) is 4.98 Å². The van der Waals surface area contributed by atoms with Crippen LogP contribution in [0.2, 0.25) is 0 Å². The SMILES string of the molecule is O=C(O)C[C@H](O)C[C@H](O)/C=C/c1cnc2cc(Sc3ccccc3)c(F)cc2c1Sc1ccccc1. The quantitative estimate of drug-likeness (QED) is 0.226. The number of hydrogen-bond donors (Lipinski definition) is 3. The monoisotopic (exact) mass is 521 g/mol. The molecular formula is C28H24FNO4S2. The van der Waals surface area contributed by atoms with Gasteiger partial charge in [-0.25, -0.2) is 4.39 Å². The maximum absolute atomic E-state index is 15.2. The number of benzene rings is 3. The summed E-state index contributed by atoms with van der Waals surface area (Å²) in [6, 6.07) is 22.5. The van der Waals surface area contributed by atoms with Gasteiger partial charge in [-0.05, 0) is 36.4 Å². The fourth-order valence-electron chi connectivity index (χ4n) is 3.57. The number of rotatable bonds is 10.